The highest BCUT2D eigenvalue weighted by atomic mass is 32.1. The van der Waals surface area contributed by atoms with E-state index in [-0.39, 0.29) is 5.75 Å². The second kappa shape index (κ2) is 10.0. The van der Waals surface area contributed by atoms with Crippen LogP contribution < -0.4 is 21.7 Å². The standard InChI is InChI=1S/C12H22N4O6S/c1-5(14-10(19)7(13)4-23)9(18)16-8(3-17)11(20)15-6(2)12(21)22/h5-8,17,23H,3-4,13H2,1-2H3,(H,14,19)(H,15,20)(H,16,18)(H,21,22). The predicted molar refractivity (Wildman–Crippen MR) is 83.7 cm³/mol. The minimum Gasteiger partial charge on any atom is -0.480 e. The molecule has 0 saturated carbocycles. The van der Waals surface area contributed by atoms with Crippen molar-refractivity contribution in [3.63, 3.8) is 0 Å². The van der Waals surface area contributed by atoms with E-state index in [1.54, 1.807) is 0 Å². The van der Waals surface area contributed by atoms with Crippen molar-refractivity contribution in [2.24, 2.45) is 5.73 Å². The zero-order chi connectivity index (χ0) is 18.2. The third-order valence-electron chi connectivity index (χ3n) is 2.83. The largest absolute Gasteiger partial charge is 0.480 e. The SMILES string of the molecule is CC(NC(=O)C(CO)NC(=O)C(C)NC(=O)C(N)CS)C(=O)O. The number of hydrogen-bond donors (Lipinski definition) is 7. The maximum absolute atomic E-state index is 11.9. The molecule has 10 nitrogen and oxygen atoms in total. The number of nitrogens with two attached hydrogens (primary N) is 1. The lowest BCUT2D eigenvalue weighted by atomic mass is 10.2. The van der Waals surface area contributed by atoms with Gasteiger partial charge in [0.15, 0.2) is 0 Å². The smallest absolute Gasteiger partial charge is 0.325 e. The van der Waals surface area contributed by atoms with Gasteiger partial charge in [0.1, 0.15) is 18.1 Å². The number of carboxylic acids is 1. The lowest BCUT2D eigenvalue weighted by Gasteiger charge is -2.21. The number of aliphatic carboxylic acids is 1. The molecule has 132 valence electrons. The van der Waals surface area contributed by atoms with Crippen molar-refractivity contribution in [2.75, 3.05) is 12.4 Å². The Kier molecular flexibility index (Phi) is 9.22. The lowest BCUT2D eigenvalue weighted by Crippen LogP contribution is -2.57. The summed E-state index contributed by atoms with van der Waals surface area (Å²) in [5, 5.41) is 24.5. The van der Waals surface area contributed by atoms with Gasteiger partial charge in [-0.1, -0.05) is 0 Å². The van der Waals surface area contributed by atoms with Crippen LogP contribution in [0.5, 0.6) is 0 Å². The van der Waals surface area contributed by atoms with Gasteiger partial charge in [0.2, 0.25) is 17.7 Å². The van der Waals surface area contributed by atoms with Gasteiger partial charge in [0.25, 0.3) is 0 Å². The molecule has 0 aliphatic heterocycles. The number of aliphatic hydroxyl groups is 1. The Hall–Kier alpha value is -1.85. The zero-order valence-corrected chi connectivity index (χ0v) is 13.7. The monoisotopic (exact) mass is 350 g/mol. The molecule has 0 aromatic heterocycles. The van der Waals surface area contributed by atoms with E-state index in [1.807, 2.05) is 0 Å². The number of carbonyl (C=O) groups is 4. The summed E-state index contributed by atoms with van der Waals surface area (Å²) in [7, 11) is 0. The molecule has 0 aromatic rings. The van der Waals surface area contributed by atoms with Crippen LogP contribution in [-0.4, -0.2) is 70.4 Å². The summed E-state index contributed by atoms with van der Waals surface area (Å²) in [6, 6.07) is -4.42. The molecule has 7 N–H and O–H groups in total. The van der Waals surface area contributed by atoms with E-state index in [4.69, 9.17) is 15.9 Å². The Balaban J connectivity index is 4.61. The van der Waals surface area contributed by atoms with Gasteiger partial charge in [-0.15, -0.1) is 0 Å². The van der Waals surface area contributed by atoms with Gasteiger partial charge in [-0.3, -0.25) is 19.2 Å². The first kappa shape index (κ1) is 21.1. The molecule has 4 atom stereocenters. The Labute approximate surface area is 138 Å². The van der Waals surface area contributed by atoms with Gasteiger partial charge in [-0.05, 0) is 13.8 Å². The van der Waals surface area contributed by atoms with Crippen LogP contribution in [0.4, 0.5) is 0 Å². The summed E-state index contributed by atoms with van der Waals surface area (Å²) in [4.78, 5) is 45.8. The Morgan fingerprint density at radius 2 is 1.52 bits per heavy atom. The number of hydrogen-bond acceptors (Lipinski definition) is 7. The highest BCUT2D eigenvalue weighted by Crippen LogP contribution is 1.92. The number of thiol groups is 1. The molecule has 0 spiro atoms. The van der Waals surface area contributed by atoms with Gasteiger partial charge in [0, 0.05) is 5.75 Å². The molecule has 4 unspecified atom stereocenters. The summed E-state index contributed by atoms with van der Waals surface area (Å²) in [5.74, 6) is -3.35. The Morgan fingerprint density at radius 3 is 1.96 bits per heavy atom. The summed E-state index contributed by atoms with van der Waals surface area (Å²) in [5.41, 5.74) is 5.44. The topological polar surface area (TPSA) is 171 Å². The predicted octanol–water partition coefficient (Wildman–Crippen LogP) is -3.19. The first-order chi connectivity index (χ1) is 10.6. The van der Waals surface area contributed by atoms with E-state index in [9.17, 15) is 19.2 Å². The van der Waals surface area contributed by atoms with Crippen molar-refractivity contribution in [1.82, 2.24) is 16.0 Å². The van der Waals surface area contributed by atoms with E-state index in [0.717, 1.165) is 0 Å². The minimum absolute atomic E-state index is 0.0922. The molecule has 0 aromatic carbocycles. The zero-order valence-electron chi connectivity index (χ0n) is 12.8. The van der Waals surface area contributed by atoms with Crippen molar-refractivity contribution in [2.45, 2.75) is 38.0 Å². The van der Waals surface area contributed by atoms with Gasteiger partial charge >= 0.3 is 5.97 Å². The van der Waals surface area contributed by atoms with Crippen LogP contribution in [0.15, 0.2) is 0 Å². The number of aliphatic hydroxyl groups excluding tert-OH is 1. The highest BCUT2D eigenvalue weighted by Gasteiger charge is 2.26. The fourth-order valence-corrected chi connectivity index (χ4v) is 1.50. The molecule has 23 heavy (non-hydrogen) atoms. The van der Waals surface area contributed by atoms with Crippen LogP contribution in [0, 0.1) is 0 Å². The average Bonchev–Trinajstić information content (AvgIpc) is 2.50. The Bertz CT molecular complexity index is 461. The van der Waals surface area contributed by atoms with Crippen LogP contribution in [0.2, 0.25) is 0 Å². The van der Waals surface area contributed by atoms with Gasteiger partial charge in [0.05, 0.1) is 12.6 Å². The number of carbonyl (C=O) groups excluding carboxylic acids is 3. The van der Waals surface area contributed by atoms with Crippen molar-refractivity contribution >= 4 is 36.3 Å². The van der Waals surface area contributed by atoms with Crippen LogP contribution in [0.25, 0.3) is 0 Å². The lowest BCUT2D eigenvalue weighted by molar-refractivity contribution is -0.142. The first-order valence-corrected chi connectivity index (χ1v) is 7.38. The van der Waals surface area contributed by atoms with Crippen molar-refractivity contribution in [3.8, 4) is 0 Å². The van der Waals surface area contributed by atoms with E-state index in [2.05, 4.69) is 28.6 Å². The van der Waals surface area contributed by atoms with E-state index in [0.29, 0.717) is 0 Å². The molecule has 0 heterocycles. The maximum atomic E-state index is 11.9. The van der Waals surface area contributed by atoms with E-state index < -0.39 is 54.5 Å². The summed E-state index contributed by atoms with van der Waals surface area (Å²) in [6.07, 6.45) is 0. The maximum Gasteiger partial charge on any atom is 0.325 e. The molecule has 0 rings (SSSR count). The quantitative estimate of drug-likeness (QED) is 0.215. The normalized spacial score (nSPS) is 15.7. The second-order valence-electron chi connectivity index (χ2n) is 4.83. The molecule has 0 radical (unpaired) electrons. The van der Waals surface area contributed by atoms with Crippen LogP contribution in [-0.2, 0) is 19.2 Å². The highest BCUT2D eigenvalue weighted by molar-refractivity contribution is 7.80. The second-order valence-corrected chi connectivity index (χ2v) is 5.20. The molecule has 11 heteroatoms. The minimum atomic E-state index is -1.35. The van der Waals surface area contributed by atoms with Gasteiger partial charge < -0.3 is 31.9 Å². The molecular weight excluding hydrogens is 328 g/mol. The van der Waals surface area contributed by atoms with Gasteiger partial charge in [-0.25, -0.2) is 0 Å². The van der Waals surface area contributed by atoms with E-state index in [1.165, 1.54) is 13.8 Å². The van der Waals surface area contributed by atoms with Crippen molar-refractivity contribution in [1.29, 1.82) is 0 Å². The third-order valence-corrected chi connectivity index (χ3v) is 3.22. The fourth-order valence-electron chi connectivity index (χ4n) is 1.34. The van der Waals surface area contributed by atoms with Crippen LogP contribution in [0.1, 0.15) is 13.8 Å². The number of rotatable bonds is 9. The summed E-state index contributed by atoms with van der Waals surface area (Å²) >= 11 is 3.85. The van der Waals surface area contributed by atoms with Crippen LogP contribution >= 0.6 is 12.6 Å². The van der Waals surface area contributed by atoms with E-state index >= 15 is 0 Å². The average molecular weight is 350 g/mol. The first-order valence-electron chi connectivity index (χ1n) is 6.75. The summed E-state index contributed by atoms with van der Waals surface area (Å²) in [6.45, 7) is 1.86. The van der Waals surface area contributed by atoms with Crippen LogP contribution in [0.3, 0.4) is 0 Å². The van der Waals surface area contributed by atoms with Crippen molar-refractivity contribution in [3.05, 3.63) is 0 Å². The molecule has 0 aliphatic carbocycles. The third kappa shape index (κ3) is 7.30. The number of amides is 3. The molecule has 0 saturated heterocycles. The molecule has 3 amide bonds. The molecular formula is C12H22N4O6S. The number of nitrogens with one attached hydrogen (secondary N) is 3. The Morgan fingerprint density at radius 1 is 1.00 bits per heavy atom. The fraction of sp³-hybridized carbons (Fsp3) is 0.667. The van der Waals surface area contributed by atoms with Gasteiger partial charge in [-0.2, -0.15) is 12.6 Å². The summed E-state index contributed by atoms with van der Waals surface area (Å²) < 4.78 is 0. The molecule has 0 fully saturated rings. The van der Waals surface area contributed by atoms with Crippen molar-refractivity contribution < 1.29 is 29.4 Å². The molecule has 0 bridgehead atoms. The molecule has 0 aliphatic rings. The number of carboxylic acid groups (broad SMARTS) is 1.